The molecular formula is C24H28N4O4. The minimum atomic E-state index is -0.626. The maximum Gasteiger partial charge on any atom is 0.423 e. The third-order valence-electron chi connectivity index (χ3n) is 4.97. The molecule has 0 radical (unpaired) electrons. The highest BCUT2D eigenvalue weighted by atomic mass is 16.6. The van der Waals surface area contributed by atoms with Gasteiger partial charge in [0.15, 0.2) is 0 Å². The fraction of sp³-hybridized carbons (Fsp3) is 0.375. The minimum Gasteiger partial charge on any atom is -0.489 e. The Hall–Kier alpha value is -3.39. The lowest BCUT2D eigenvalue weighted by Crippen LogP contribution is -2.42. The van der Waals surface area contributed by atoms with E-state index in [1.54, 1.807) is 0 Å². The zero-order chi connectivity index (χ0) is 22.6. The van der Waals surface area contributed by atoms with Crippen LogP contribution in [0.15, 0.2) is 59.0 Å². The van der Waals surface area contributed by atoms with Crippen LogP contribution in [-0.4, -0.2) is 27.9 Å². The summed E-state index contributed by atoms with van der Waals surface area (Å²) in [4.78, 5) is 11.8. The van der Waals surface area contributed by atoms with Crippen molar-refractivity contribution in [2.75, 3.05) is 0 Å². The van der Waals surface area contributed by atoms with Crippen molar-refractivity contribution in [3.05, 3.63) is 71.6 Å². The fourth-order valence-electron chi connectivity index (χ4n) is 3.32. The largest absolute Gasteiger partial charge is 0.489 e. The summed E-state index contributed by atoms with van der Waals surface area (Å²) in [6.45, 7) is 6.54. The van der Waals surface area contributed by atoms with E-state index >= 15 is 0 Å². The zero-order valence-electron chi connectivity index (χ0n) is 18.5. The van der Waals surface area contributed by atoms with Gasteiger partial charge in [0.2, 0.25) is 5.89 Å². The molecule has 32 heavy (non-hydrogen) atoms. The van der Waals surface area contributed by atoms with Crippen molar-refractivity contribution in [3.63, 3.8) is 0 Å². The van der Waals surface area contributed by atoms with Crippen LogP contribution in [-0.2, 0) is 13.2 Å². The summed E-state index contributed by atoms with van der Waals surface area (Å²) < 4.78 is 16.2. The van der Waals surface area contributed by atoms with Crippen molar-refractivity contribution in [3.8, 4) is 11.8 Å². The molecule has 1 saturated carbocycles. The molecule has 0 saturated heterocycles. The summed E-state index contributed by atoms with van der Waals surface area (Å²) in [6, 6.07) is 18.7. The van der Waals surface area contributed by atoms with Crippen molar-refractivity contribution in [2.24, 2.45) is 0 Å². The van der Waals surface area contributed by atoms with Gasteiger partial charge in [0.25, 0.3) is 0 Å². The van der Waals surface area contributed by atoms with Gasteiger partial charge in [-0.1, -0.05) is 47.6 Å². The van der Waals surface area contributed by atoms with E-state index in [9.17, 15) is 4.79 Å². The highest BCUT2D eigenvalue weighted by Gasteiger charge is 2.38. The molecule has 0 spiro atoms. The molecule has 168 valence electrons. The quantitative estimate of drug-likeness (QED) is 0.546. The van der Waals surface area contributed by atoms with Crippen LogP contribution in [0.3, 0.4) is 0 Å². The Labute approximate surface area is 187 Å². The van der Waals surface area contributed by atoms with Gasteiger partial charge in [-0.2, -0.15) is 0 Å². The first-order chi connectivity index (χ1) is 15.4. The Bertz CT molecular complexity index is 1030. The summed E-state index contributed by atoms with van der Waals surface area (Å²) in [7, 11) is 0. The Kier molecular flexibility index (Phi) is 6.41. The topological polar surface area (TPSA) is 98.5 Å². The van der Waals surface area contributed by atoms with Crippen molar-refractivity contribution < 1.29 is 18.7 Å². The molecule has 4 rings (SSSR count). The van der Waals surface area contributed by atoms with E-state index in [0.717, 1.165) is 17.7 Å². The maximum atomic E-state index is 11.8. The Morgan fingerprint density at radius 2 is 1.84 bits per heavy atom. The molecule has 1 heterocycles. The second kappa shape index (κ2) is 9.40. The number of rotatable bonds is 8. The molecule has 1 amide bonds. The number of aromatic nitrogens is 2. The Balaban J connectivity index is 1.20. The zero-order valence-corrected chi connectivity index (χ0v) is 18.5. The number of carbonyl (C=O) groups excluding carboxylic acids is 1. The third-order valence-corrected chi connectivity index (χ3v) is 4.97. The monoisotopic (exact) mass is 436 g/mol. The first-order valence-electron chi connectivity index (χ1n) is 10.7. The molecule has 0 bridgehead atoms. The Morgan fingerprint density at radius 1 is 1.09 bits per heavy atom. The molecule has 1 aliphatic rings. The van der Waals surface area contributed by atoms with Gasteiger partial charge in [-0.05, 0) is 50.5 Å². The van der Waals surface area contributed by atoms with Crippen LogP contribution in [0.2, 0.25) is 0 Å². The third kappa shape index (κ3) is 6.31. The molecular weight excluding hydrogens is 408 g/mol. The molecule has 1 aromatic heterocycles. The average molecular weight is 437 g/mol. The van der Waals surface area contributed by atoms with Gasteiger partial charge in [-0.15, -0.1) is 5.10 Å². The molecule has 0 unspecified atom stereocenters. The first-order valence-corrected chi connectivity index (χ1v) is 10.7. The van der Waals surface area contributed by atoms with Gasteiger partial charge >= 0.3 is 12.2 Å². The van der Waals surface area contributed by atoms with Crippen LogP contribution in [0.5, 0.6) is 11.8 Å². The number of nitrogens with one attached hydrogen (secondary N) is 2. The second-order valence-corrected chi connectivity index (χ2v) is 8.90. The number of hydrogen-bond donors (Lipinski definition) is 2. The van der Waals surface area contributed by atoms with Crippen molar-refractivity contribution in [1.29, 1.82) is 0 Å². The van der Waals surface area contributed by atoms with Gasteiger partial charge in [0.1, 0.15) is 12.4 Å². The molecule has 3 aromatic rings. The lowest BCUT2D eigenvalue weighted by Gasteiger charge is -2.18. The SMILES string of the molecule is CC(C)(C)NC(=O)Oc1nnc(CN[C@@H]2C[C@H]2c2ccc(OCc3ccccc3)cc2)o1. The molecule has 2 aromatic carbocycles. The smallest absolute Gasteiger partial charge is 0.423 e. The van der Waals surface area contributed by atoms with E-state index in [4.69, 9.17) is 13.9 Å². The number of ether oxygens (including phenoxy) is 2. The summed E-state index contributed by atoms with van der Waals surface area (Å²) in [5, 5.41) is 13.7. The highest BCUT2D eigenvalue weighted by Crippen LogP contribution is 2.41. The van der Waals surface area contributed by atoms with E-state index in [-0.39, 0.29) is 6.08 Å². The van der Waals surface area contributed by atoms with Gasteiger partial charge in [-0.25, -0.2) is 4.79 Å². The molecule has 0 aliphatic heterocycles. The minimum absolute atomic E-state index is 0.165. The van der Waals surface area contributed by atoms with Crippen LogP contribution in [0.4, 0.5) is 4.79 Å². The predicted molar refractivity (Wildman–Crippen MR) is 118 cm³/mol. The normalized spacial score (nSPS) is 17.6. The summed E-state index contributed by atoms with van der Waals surface area (Å²) in [5.74, 6) is 1.67. The molecule has 2 atom stereocenters. The van der Waals surface area contributed by atoms with Crippen molar-refractivity contribution in [2.45, 2.75) is 57.8 Å². The lowest BCUT2D eigenvalue weighted by molar-refractivity contribution is 0.173. The predicted octanol–water partition coefficient (Wildman–Crippen LogP) is 4.18. The van der Waals surface area contributed by atoms with Crippen LogP contribution < -0.4 is 20.1 Å². The van der Waals surface area contributed by atoms with E-state index in [1.807, 2.05) is 63.2 Å². The van der Waals surface area contributed by atoms with Crippen LogP contribution in [0.25, 0.3) is 0 Å². The van der Waals surface area contributed by atoms with Gasteiger partial charge in [0.05, 0.1) is 6.54 Å². The van der Waals surface area contributed by atoms with Gasteiger partial charge < -0.3 is 24.5 Å². The number of nitrogens with zero attached hydrogens (tertiary/aromatic N) is 2. The standard InChI is InChI=1S/C24H28N4O4/c1-24(2,3)26-22(29)32-23-28-27-21(31-23)14-25-20-13-19(20)17-9-11-18(12-10-17)30-15-16-7-5-4-6-8-16/h4-12,19-20,25H,13-15H2,1-3H3,(H,26,29)/t19-,20+/m0/s1. The van der Waals surface area contributed by atoms with Crippen LogP contribution >= 0.6 is 0 Å². The van der Waals surface area contributed by atoms with E-state index < -0.39 is 11.6 Å². The second-order valence-electron chi connectivity index (χ2n) is 8.90. The maximum absolute atomic E-state index is 11.8. The average Bonchev–Trinajstić information content (AvgIpc) is 3.40. The van der Waals surface area contributed by atoms with E-state index in [2.05, 4.69) is 33.0 Å². The van der Waals surface area contributed by atoms with Crippen LogP contribution in [0, 0.1) is 0 Å². The molecule has 1 aliphatic carbocycles. The van der Waals surface area contributed by atoms with Crippen molar-refractivity contribution in [1.82, 2.24) is 20.8 Å². The van der Waals surface area contributed by atoms with E-state index in [0.29, 0.717) is 31.0 Å². The van der Waals surface area contributed by atoms with Gasteiger partial charge in [-0.3, -0.25) is 0 Å². The fourth-order valence-corrected chi connectivity index (χ4v) is 3.32. The summed E-state index contributed by atoms with van der Waals surface area (Å²) >= 11 is 0. The summed E-state index contributed by atoms with van der Waals surface area (Å²) in [6.07, 6.45) is 0.247. The van der Waals surface area contributed by atoms with E-state index in [1.165, 1.54) is 5.56 Å². The van der Waals surface area contributed by atoms with Gasteiger partial charge in [0, 0.05) is 17.5 Å². The summed E-state index contributed by atoms with van der Waals surface area (Å²) in [5.41, 5.74) is 2.00. The highest BCUT2D eigenvalue weighted by molar-refractivity contribution is 5.70. The molecule has 2 N–H and O–H groups in total. The number of benzene rings is 2. The number of hydrogen-bond acceptors (Lipinski definition) is 7. The number of amides is 1. The first kappa shape index (κ1) is 21.8. The molecule has 1 fully saturated rings. The molecule has 8 nitrogen and oxygen atoms in total. The molecule has 8 heteroatoms. The number of carbonyl (C=O) groups is 1. The van der Waals surface area contributed by atoms with Crippen LogP contribution in [0.1, 0.15) is 50.1 Å². The lowest BCUT2D eigenvalue weighted by atomic mass is 10.1. The Morgan fingerprint density at radius 3 is 2.56 bits per heavy atom. The van der Waals surface area contributed by atoms with Crippen molar-refractivity contribution >= 4 is 6.09 Å².